The summed E-state index contributed by atoms with van der Waals surface area (Å²) in [5, 5.41) is 13.1. The Balaban J connectivity index is 2.02. The van der Waals surface area contributed by atoms with Gasteiger partial charge in [-0.3, -0.25) is 4.99 Å². The Kier molecular flexibility index (Phi) is 7.28. The number of nitrogens with zero attached hydrogens (tertiary/aromatic N) is 2. The zero-order chi connectivity index (χ0) is 18.2. The fraction of sp³-hybridized carbons (Fsp3) is 0.526. The van der Waals surface area contributed by atoms with Crippen molar-refractivity contribution in [1.82, 2.24) is 10.2 Å². The van der Waals surface area contributed by atoms with E-state index in [4.69, 9.17) is 9.47 Å². The lowest BCUT2D eigenvalue weighted by molar-refractivity contribution is 0.0460. The second-order valence-corrected chi connectivity index (χ2v) is 6.17. The summed E-state index contributed by atoms with van der Waals surface area (Å²) in [7, 11) is 5.21. The van der Waals surface area contributed by atoms with Gasteiger partial charge in [-0.1, -0.05) is 6.07 Å². The van der Waals surface area contributed by atoms with Gasteiger partial charge in [0.15, 0.2) is 11.5 Å². The zero-order valence-electron chi connectivity index (χ0n) is 15.6. The molecule has 0 saturated carbocycles. The summed E-state index contributed by atoms with van der Waals surface area (Å²) in [6.45, 7) is 5.07. The van der Waals surface area contributed by atoms with Crippen LogP contribution < -0.4 is 14.8 Å². The number of methoxy groups -OCH3 is 1. The third kappa shape index (κ3) is 5.47. The Hall–Kier alpha value is -2.05. The lowest BCUT2D eigenvalue weighted by atomic mass is 10.1. The molecule has 138 valence electrons. The summed E-state index contributed by atoms with van der Waals surface area (Å²) in [6.07, 6.45) is 2.70. The molecule has 1 heterocycles. The van der Waals surface area contributed by atoms with Gasteiger partial charge >= 0.3 is 0 Å². The number of allylic oxidation sites excluding steroid dienone is 1. The highest BCUT2D eigenvalue weighted by molar-refractivity contribution is 5.98. The molecular formula is C19H29N3O3. The molecule has 0 spiro atoms. The van der Waals surface area contributed by atoms with E-state index in [9.17, 15) is 5.11 Å². The predicted octanol–water partition coefficient (Wildman–Crippen LogP) is 1.79. The maximum absolute atomic E-state index is 10.1. The summed E-state index contributed by atoms with van der Waals surface area (Å²) in [4.78, 5) is 6.38. The molecule has 1 aromatic rings. The highest BCUT2D eigenvalue weighted by atomic mass is 16.5. The van der Waals surface area contributed by atoms with Gasteiger partial charge in [0.25, 0.3) is 0 Å². The molecule has 0 aliphatic carbocycles. The van der Waals surface area contributed by atoms with Crippen LogP contribution >= 0.6 is 0 Å². The van der Waals surface area contributed by atoms with E-state index in [1.807, 2.05) is 38.2 Å². The van der Waals surface area contributed by atoms with Crippen molar-refractivity contribution in [2.75, 3.05) is 47.4 Å². The molecule has 6 heteroatoms. The monoisotopic (exact) mass is 347 g/mol. The summed E-state index contributed by atoms with van der Waals surface area (Å²) in [5.41, 5.74) is 2.10. The molecule has 1 aliphatic heterocycles. The number of aliphatic hydroxyl groups is 1. The minimum absolute atomic E-state index is 0.257. The Morgan fingerprint density at radius 2 is 2.16 bits per heavy atom. The minimum Gasteiger partial charge on any atom is -0.493 e. The third-order valence-electron chi connectivity index (χ3n) is 4.32. The molecule has 1 atom stereocenters. The maximum Gasteiger partial charge on any atom is 0.161 e. The van der Waals surface area contributed by atoms with E-state index in [-0.39, 0.29) is 6.61 Å². The fourth-order valence-corrected chi connectivity index (χ4v) is 2.67. The van der Waals surface area contributed by atoms with Crippen LogP contribution in [-0.4, -0.2) is 69.4 Å². The number of rotatable bonds is 8. The molecule has 25 heavy (non-hydrogen) atoms. The number of likely N-dealkylation sites (tertiary alicyclic amines) is 1. The summed E-state index contributed by atoms with van der Waals surface area (Å²) in [5.74, 6) is 2.10. The number of ether oxygens (including phenoxy) is 2. The van der Waals surface area contributed by atoms with Gasteiger partial charge in [-0.2, -0.15) is 0 Å². The van der Waals surface area contributed by atoms with E-state index >= 15 is 0 Å². The zero-order valence-corrected chi connectivity index (χ0v) is 15.6. The van der Waals surface area contributed by atoms with Gasteiger partial charge < -0.3 is 24.8 Å². The number of hydrogen-bond acceptors (Lipinski definition) is 5. The predicted molar refractivity (Wildman–Crippen MR) is 102 cm³/mol. The lowest BCUT2D eigenvalue weighted by Gasteiger charge is -2.32. The van der Waals surface area contributed by atoms with Crippen LogP contribution in [0.1, 0.15) is 18.9 Å². The number of benzene rings is 1. The first kappa shape index (κ1) is 19.3. The summed E-state index contributed by atoms with van der Waals surface area (Å²) >= 11 is 0. The number of likely N-dealkylation sites (N-methyl/N-ethyl adjacent to an activating group) is 1. The van der Waals surface area contributed by atoms with Crippen LogP contribution in [0.4, 0.5) is 0 Å². The quantitative estimate of drug-likeness (QED) is 0.554. The van der Waals surface area contributed by atoms with Crippen molar-refractivity contribution in [2.45, 2.75) is 19.4 Å². The first-order chi connectivity index (χ1) is 12.1. The Bertz CT molecular complexity index is 624. The van der Waals surface area contributed by atoms with E-state index in [0.29, 0.717) is 18.0 Å². The van der Waals surface area contributed by atoms with E-state index in [0.717, 1.165) is 30.1 Å². The molecular weight excluding hydrogens is 318 g/mol. The Morgan fingerprint density at radius 3 is 2.72 bits per heavy atom. The van der Waals surface area contributed by atoms with Crippen LogP contribution in [0, 0.1) is 0 Å². The van der Waals surface area contributed by atoms with E-state index in [1.165, 1.54) is 6.42 Å². The first-order valence-corrected chi connectivity index (χ1v) is 8.61. The molecule has 2 rings (SSSR count). The number of β-amino-alcohol motifs (C(OH)–C–C–N with tert-alkyl or cyclic N) is 1. The average molecular weight is 347 g/mol. The lowest BCUT2D eigenvalue weighted by Crippen LogP contribution is -2.43. The molecule has 1 saturated heterocycles. The van der Waals surface area contributed by atoms with Gasteiger partial charge in [0, 0.05) is 20.6 Å². The van der Waals surface area contributed by atoms with Gasteiger partial charge in [0.05, 0.1) is 7.11 Å². The van der Waals surface area contributed by atoms with Crippen LogP contribution in [0.3, 0.4) is 0 Å². The number of aliphatic imine (C=N–C) groups is 1. The van der Waals surface area contributed by atoms with Crippen molar-refractivity contribution in [2.24, 2.45) is 4.99 Å². The van der Waals surface area contributed by atoms with Crippen molar-refractivity contribution >= 4 is 11.4 Å². The van der Waals surface area contributed by atoms with Gasteiger partial charge in [-0.05, 0) is 55.8 Å². The van der Waals surface area contributed by atoms with Crippen LogP contribution in [0.2, 0.25) is 0 Å². The van der Waals surface area contributed by atoms with Crippen molar-refractivity contribution in [3.05, 3.63) is 29.8 Å². The van der Waals surface area contributed by atoms with Gasteiger partial charge in [-0.15, -0.1) is 0 Å². The average Bonchev–Trinajstić information content (AvgIpc) is 2.60. The number of amidine groups is 1. The molecule has 1 aromatic carbocycles. The fourth-order valence-electron chi connectivity index (χ4n) is 2.67. The maximum atomic E-state index is 10.1. The number of aliphatic hydroxyl groups excluding tert-OH is 1. The molecule has 2 N–H and O–H groups in total. The van der Waals surface area contributed by atoms with Crippen molar-refractivity contribution in [3.8, 4) is 11.5 Å². The van der Waals surface area contributed by atoms with Crippen LogP contribution in [0.5, 0.6) is 11.5 Å². The van der Waals surface area contributed by atoms with Crippen molar-refractivity contribution in [3.63, 3.8) is 0 Å². The largest absolute Gasteiger partial charge is 0.493 e. The van der Waals surface area contributed by atoms with Gasteiger partial charge in [0.2, 0.25) is 0 Å². The summed E-state index contributed by atoms with van der Waals surface area (Å²) < 4.78 is 11.2. The topological polar surface area (TPSA) is 66.3 Å². The van der Waals surface area contributed by atoms with E-state index < -0.39 is 6.10 Å². The molecule has 1 fully saturated rings. The molecule has 0 unspecified atom stereocenters. The van der Waals surface area contributed by atoms with Crippen LogP contribution in [0.25, 0.3) is 5.57 Å². The van der Waals surface area contributed by atoms with Gasteiger partial charge in [0.1, 0.15) is 18.5 Å². The first-order valence-electron chi connectivity index (χ1n) is 8.61. The highest BCUT2D eigenvalue weighted by Crippen LogP contribution is 2.30. The second-order valence-electron chi connectivity index (χ2n) is 6.17. The van der Waals surface area contributed by atoms with Gasteiger partial charge in [-0.25, -0.2) is 0 Å². The Morgan fingerprint density at radius 1 is 1.40 bits per heavy atom. The third-order valence-corrected chi connectivity index (χ3v) is 4.32. The number of hydrogen-bond donors (Lipinski definition) is 2. The highest BCUT2D eigenvalue weighted by Gasteiger charge is 2.18. The molecule has 0 radical (unpaired) electrons. The molecule has 1 aliphatic rings. The van der Waals surface area contributed by atoms with Crippen molar-refractivity contribution < 1.29 is 14.6 Å². The van der Waals surface area contributed by atoms with Crippen LogP contribution in [0.15, 0.2) is 29.3 Å². The minimum atomic E-state index is -0.495. The smallest absolute Gasteiger partial charge is 0.161 e. The number of nitrogens with one attached hydrogen (secondary N) is 1. The molecule has 0 amide bonds. The van der Waals surface area contributed by atoms with E-state index in [1.54, 1.807) is 14.2 Å². The SMILES string of the molecule is CN=C(/C=C(/C)c1ccc(OC[C@H](O)CN2CCC2)c(OC)c1)NC. The Labute approximate surface area is 150 Å². The second kappa shape index (κ2) is 9.44. The van der Waals surface area contributed by atoms with Crippen molar-refractivity contribution in [1.29, 1.82) is 0 Å². The molecule has 6 nitrogen and oxygen atoms in total. The normalized spacial score (nSPS) is 17.0. The van der Waals surface area contributed by atoms with Crippen LogP contribution in [-0.2, 0) is 0 Å². The standard InChI is InChI=1S/C19H29N3O3/c1-14(10-19(20-2)21-3)15-6-7-17(18(11-15)24-4)25-13-16(23)12-22-8-5-9-22/h6-7,10-11,16,23H,5,8-9,12-13H2,1-4H3,(H,20,21)/b14-10-/t16-/m1/s1. The molecule has 0 bridgehead atoms. The summed E-state index contributed by atoms with van der Waals surface area (Å²) in [6, 6.07) is 5.80. The molecule has 0 aromatic heterocycles. The van der Waals surface area contributed by atoms with E-state index in [2.05, 4.69) is 15.2 Å².